The van der Waals surface area contributed by atoms with Gasteiger partial charge in [-0.3, -0.25) is 0 Å². The molecule has 0 heteroatoms. The van der Waals surface area contributed by atoms with Crippen LogP contribution in [0.1, 0.15) is 75.6 Å². The fraction of sp³-hybridized carbons (Fsp3) is 0.667. The second kappa shape index (κ2) is 8.34. The Labute approximate surface area is 114 Å². The monoisotopic (exact) mass is 245 g/mol. The standard InChI is InChI=1S/C18H29/c1-5-9-15-13-16(10-6-2)18(12-8-4)17(14-15)11-7-3/h13H,5-12H2,1-4H3. The SMILES string of the molecule is CCCc1[c]c(CCC)c(CCC)c(CCC)c1. The fourth-order valence-corrected chi connectivity index (χ4v) is 2.72. The second-order valence-corrected chi connectivity index (χ2v) is 5.28. The molecule has 1 radical (unpaired) electrons. The van der Waals surface area contributed by atoms with Crippen molar-refractivity contribution in [2.24, 2.45) is 0 Å². The van der Waals surface area contributed by atoms with E-state index in [0.717, 1.165) is 0 Å². The first-order valence-electron chi connectivity index (χ1n) is 7.82. The van der Waals surface area contributed by atoms with E-state index in [-0.39, 0.29) is 0 Å². The third-order valence-corrected chi connectivity index (χ3v) is 3.45. The van der Waals surface area contributed by atoms with Gasteiger partial charge < -0.3 is 0 Å². The quantitative estimate of drug-likeness (QED) is 0.583. The third-order valence-electron chi connectivity index (χ3n) is 3.45. The van der Waals surface area contributed by atoms with Gasteiger partial charge in [0, 0.05) is 0 Å². The van der Waals surface area contributed by atoms with Gasteiger partial charge in [0.25, 0.3) is 0 Å². The molecule has 1 rings (SSSR count). The van der Waals surface area contributed by atoms with Gasteiger partial charge in [-0.2, -0.15) is 0 Å². The van der Waals surface area contributed by atoms with Gasteiger partial charge in [0.1, 0.15) is 0 Å². The normalized spacial score (nSPS) is 10.9. The molecule has 101 valence electrons. The van der Waals surface area contributed by atoms with E-state index in [2.05, 4.69) is 39.8 Å². The lowest BCUT2D eigenvalue weighted by atomic mass is 9.89. The van der Waals surface area contributed by atoms with Crippen LogP contribution in [0, 0.1) is 6.07 Å². The van der Waals surface area contributed by atoms with Crippen molar-refractivity contribution < 1.29 is 0 Å². The highest BCUT2D eigenvalue weighted by atomic mass is 14.1. The molecule has 1 aromatic carbocycles. The Balaban J connectivity index is 3.15. The number of aryl methyl sites for hydroxylation is 3. The highest BCUT2D eigenvalue weighted by Crippen LogP contribution is 2.23. The van der Waals surface area contributed by atoms with Gasteiger partial charge in [0.05, 0.1) is 0 Å². The summed E-state index contributed by atoms with van der Waals surface area (Å²) in [6, 6.07) is 6.13. The number of hydrogen-bond donors (Lipinski definition) is 0. The van der Waals surface area contributed by atoms with Crippen LogP contribution in [0.4, 0.5) is 0 Å². The first-order valence-corrected chi connectivity index (χ1v) is 7.82. The zero-order chi connectivity index (χ0) is 13.4. The summed E-state index contributed by atoms with van der Waals surface area (Å²) < 4.78 is 0. The molecular weight excluding hydrogens is 216 g/mol. The molecule has 0 aliphatic rings. The van der Waals surface area contributed by atoms with E-state index in [1.165, 1.54) is 62.5 Å². The summed E-state index contributed by atoms with van der Waals surface area (Å²) in [5.74, 6) is 0. The van der Waals surface area contributed by atoms with Crippen molar-refractivity contribution in [2.45, 2.75) is 79.1 Å². The van der Waals surface area contributed by atoms with E-state index in [1.54, 1.807) is 11.1 Å². The first kappa shape index (κ1) is 15.3. The summed E-state index contributed by atoms with van der Waals surface area (Å²) in [5, 5.41) is 0. The Morgan fingerprint density at radius 2 is 1.39 bits per heavy atom. The predicted molar refractivity (Wildman–Crippen MR) is 81.3 cm³/mol. The van der Waals surface area contributed by atoms with Crippen molar-refractivity contribution in [2.75, 3.05) is 0 Å². The lowest BCUT2D eigenvalue weighted by molar-refractivity contribution is 0.813. The molecule has 0 amide bonds. The fourth-order valence-electron chi connectivity index (χ4n) is 2.72. The molecule has 0 aliphatic heterocycles. The molecule has 18 heavy (non-hydrogen) atoms. The Hall–Kier alpha value is -0.780. The Bertz CT molecular complexity index is 322. The molecule has 0 bridgehead atoms. The molecule has 1 aromatic rings. The zero-order valence-electron chi connectivity index (χ0n) is 12.7. The summed E-state index contributed by atoms with van der Waals surface area (Å²) in [4.78, 5) is 0. The van der Waals surface area contributed by atoms with Crippen LogP contribution in [0.3, 0.4) is 0 Å². The maximum Gasteiger partial charge on any atom is -0.0111 e. The van der Waals surface area contributed by atoms with Crippen LogP contribution in [0.5, 0.6) is 0 Å². The Morgan fingerprint density at radius 1 is 0.778 bits per heavy atom. The Kier molecular flexibility index (Phi) is 7.08. The van der Waals surface area contributed by atoms with Crippen molar-refractivity contribution in [1.82, 2.24) is 0 Å². The van der Waals surface area contributed by atoms with Crippen LogP contribution in [0.15, 0.2) is 6.07 Å². The molecule has 0 nitrogen and oxygen atoms in total. The summed E-state index contributed by atoms with van der Waals surface area (Å²) in [7, 11) is 0. The van der Waals surface area contributed by atoms with Gasteiger partial charge in [0.15, 0.2) is 0 Å². The predicted octanol–water partition coefficient (Wildman–Crippen LogP) is 5.30. The number of hydrogen-bond acceptors (Lipinski definition) is 0. The lowest BCUT2D eigenvalue weighted by Crippen LogP contribution is -2.03. The minimum atomic E-state index is 1.18. The molecule has 0 aliphatic carbocycles. The summed E-state index contributed by atoms with van der Waals surface area (Å²) in [6.45, 7) is 9.10. The van der Waals surface area contributed by atoms with Crippen LogP contribution < -0.4 is 0 Å². The van der Waals surface area contributed by atoms with E-state index in [4.69, 9.17) is 0 Å². The van der Waals surface area contributed by atoms with Crippen molar-refractivity contribution in [3.05, 3.63) is 34.4 Å². The average molecular weight is 245 g/mol. The second-order valence-electron chi connectivity index (χ2n) is 5.28. The molecule has 0 aromatic heterocycles. The Morgan fingerprint density at radius 3 is 1.94 bits per heavy atom. The van der Waals surface area contributed by atoms with Gasteiger partial charge in [-0.15, -0.1) is 0 Å². The van der Waals surface area contributed by atoms with E-state index < -0.39 is 0 Å². The molecule has 0 N–H and O–H groups in total. The lowest BCUT2D eigenvalue weighted by Gasteiger charge is -2.16. The van der Waals surface area contributed by atoms with Crippen molar-refractivity contribution in [3.63, 3.8) is 0 Å². The minimum Gasteiger partial charge on any atom is -0.0651 e. The van der Waals surface area contributed by atoms with Crippen molar-refractivity contribution in [3.8, 4) is 0 Å². The molecule has 0 unspecified atom stereocenters. The third kappa shape index (κ3) is 4.15. The molecular formula is C18H29. The smallest absolute Gasteiger partial charge is 0.0111 e. The highest BCUT2D eigenvalue weighted by molar-refractivity contribution is 5.39. The van der Waals surface area contributed by atoms with Gasteiger partial charge in [-0.1, -0.05) is 59.4 Å². The topological polar surface area (TPSA) is 0 Å². The maximum absolute atomic E-state index is 3.70. The average Bonchev–Trinajstić information content (AvgIpc) is 2.34. The largest absolute Gasteiger partial charge is 0.0651 e. The van der Waals surface area contributed by atoms with Crippen LogP contribution in [0.2, 0.25) is 0 Å². The van der Waals surface area contributed by atoms with E-state index in [9.17, 15) is 0 Å². The molecule has 0 saturated carbocycles. The summed E-state index contributed by atoms with van der Waals surface area (Å²) in [5.41, 5.74) is 6.16. The van der Waals surface area contributed by atoms with Crippen molar-refractivity contribution in [1.29, 1.82) is 0 Å². The zero-order valence-corrected chi connectivity index (χ0v) is 12.7. The minimum absolute atomic E-state index is 1.18. The molecule has 0 saturated heterocycles. The van der Waals surface area contributed by atoms with Crippen LogP contribution in [-0.4, -0.2) is 0 Å². The van der Waals surface area contributed by atoms with Crippen LogP contribution in [-0.2, 0) is 25.7 Å². The van der Waals surface area contributed by atoms with E-state index >= 15 is 0 Å². The van der Waals surface area contributed by atoms with Crippen LogP contribution >= 0.6 is 0 Å². The number of rotatable bonds is 8. The van der Waals surface area contributed by atoms with E-state index in [1.807, 2.05) is 0 Å². The highest BCUT2D eigenvalue weighted by Gasteiger charge is 2.09. The van der Waals surface area contributed by atoms with Gasteiger partial charge in [-0.25, -0.2) is 0 Å². The van der Waals surface area contributed by atoms with E-state index in [0.29, 0.717) is 0 Å². The first-order chi connectivity index (χ1) is 8.76. The number of benzene rings is 1. The molecule has 0 atom stereocenters. The molecule has 0 heterocycles. The van der Waals surface area contributed by atoms with Crippen LogP contribution in [0.25, 0.3) is 0 Å². The maximum atomic E-state index is 3.70. The molecule has 0 spiro atoms. The van der Waals surface area contributed by atoms with Gasteiger partial charge in [-0.05, 0) is 54.0 Å². The van der Waals surface area contributed by atoms with Gasteiger partial charge in [0.2, 0.25) is 0 Å². The summed E-state index contributed by atoms with van der Waals surface area (Å²) >= 11 is 0. The molecule has 0 fully saturated rings. The van der Waals surface area contributed by atoms with Crippen molar-refractivity contribution >= 4 is 0 Å². The van der Waals surface area contributed by atoms with Gasteiger partial charge >= 0.3 is 0 Å². The summed E-state index contributed by atoms with van der Waals surface area (Å²) in [6.07, 6.45) is 9.79.